The molecular formula is C16H21NO4. The molecule has 114 valence electrons. The van der Waals surface area contributed by atoms with E-state index in [0.29, 0.717) is 11.3 Å². The number of piperidine rings is 1. The van der Waals surface area contributed by atoms with Gasteiger partial charge >= 0.3 is 5.97 Å². The number of nitrogens with zero attached hydrogens (tertiary/aromatic N) is 1. The number of ketones is 1. The highest BCUT2D eigenvalue weighted by atomic mass is 16.5. The van der Waals surface area contributed by atoms with Crippen molar-refractivity contribution in [2.24, 2.45) is 5.92 Å². The summed E-state index contributed by atoms with van der Waals surface area (Å²) in [5.74, 6) is -2.84. The molecule has 0 amide bonds. The van der Waals surface area contributed by atoms with Crippen molar-refractivity contribution in [2.75, 3.05) is 26.8 Å². The Bertz CT molecular complexity index is 648. The fraction of sp³-hybridized carbons (Fsp3) is 0.500. The number of carbonyl (C=O) groups is 2. The topological polar surface area (TPSA) is 55.8 Å². The Balaban J connectivity index is 2.27. The Morgan fingerprint density at radius 1 is 1.43 bits per heavy atom. The van der Waals surface area contributed by atoms with Gasteiger partial charge in [0, 0.05) is 18.5 Å². The zero-order valence-corrected chi connectivity index (χ0v) is 12.1. The average Bonchev–Trinajstić information content (AvgIpc) is 2.53. The maximum atomic E-state index is 12.3. The molecule has 1 atom stereocenters. The van der Waals surface area contributed by atoms with Crippen LogP contribution in [-0.4, -0.2) is 43.4 Å². The number of benzene rings is 1. The highest BCUT2D eigenvalue weighted by molar-refractivity contribution is 6.00. The number of Topliss-reactive ketones (excluding diaryl/α,β-unsaturated/α-hetero) is 1. The highest BCUT2D eigenvalue weighted by Crippen LogP contribution is 2.19. The molecule has 0 radical (unpaired) electrons. The van der Waals surface area contributed by atoms with Crippen LogP contribution in [0.1, 0.15) is 24.3 Å². The molecule has 0 N–H and O–H groups in total. The molecule has 1 saturated heterocycles. The first kappa shape index (κ1) is 10.8. The first-order valence-electron chi connectivity index (χ1n) is 8.72. The Hall–Kier alpha value is -1.88. The summed E-state index contributed by atoms with van der Waals surface area (Å²) in [6, 6.07) is 6.83. The summed E-state index contributed by atoms with van der Waals surface area (Å²) in [7, 11) is 1.53. The molecule has 1 fully saturated rings. The number of methoxy groups -OCH3 is 1. The minimum absolute atomic E-state index is 0.00272. The van der Waals surface area contributed by atoms with E-state index in [1.54, 1.807) is 31.2 Å². The summed E-state index contributed by atoms with van der Waals surface area (Å²) >= 11 is 0. The van der Waals surface area contributed by atoms with Crippen LogP contribution in [0.25, 0.3) is 0 Å². The molecule has 5 heteroatoms. The van der Waals surface area contributed by atoms with Crippen molar-refractivity contribution in [1.29, 1.82) is 0 Å². The van der Waals surface area contributed by atoms with Crippen LogP contribution in [0.4, 0.5) is 0 Å². The number of likely N-dealkylation sites (tertiary alicyclic amines) is 1. The Morgan fingerprint density at radius 3 is 2.76 bits per heavy atom. The van der Waals surface area contributed by atoms with E-state index in [1.165, 1.54) is 7.11 Å². The molecular weight excluding hydrogens is 270 g/mol. The van der Waals surface area contributed by atoms with Gasteiger partial charge in [0.25, 0.3) is 0 Å². The summed E-state index contributed by atoms with van der Waals surface area (Å²) in [6.45, 7) is -1.32. The molecule has 1 unspecified atom stereocenters. The predicted molar refractivity (Wildman–Crippen MR) is 78.0 cm³/mol. The summed E-state index contributed by atoms with van der Waals surface area (Å²) in [5.41, 5.74) is 0.697. The Morgan fingerprint density at radius 2 is 2.14 bits per heavy atom. The quantitative estimate of drug-likeness (QED) is 0.611. The van der Waals surface area contributed by atoms with Gasteiger partial charge in [0.05, 0.1) is 20.3 Å². The molecule has 0 bridgehead atoms. The van der Waals surface area contributed by atoms with Gasteiger partial charge in [-0.2, -0.15) is 0 Å². The molecule has 5 nitrogen and oxygen atoms in total. The van der Waals surface area contributed by atoms with E-state index in [9.17, 15) is 9.59 Å². The second-order valence-electron chi connectivity index (χ2n) is 4.61. The van der Waals surface area contributed by atoms with Crippen LogP contribution >= 0.6 is 0 Å². The summed E-state index contributed by atoms with van der Waals surface area (Å²) in [4.78, 5) is 25.4. The second kappa shape index (κ2) is 7.22. The van der Waals surface area contributed by atoms with Crippen molar-refractivity contribution < 1.29 is 24.5 Å². The van der Waals surface area contributed by atoms with Crippen LogP contribution in [0.3, 0.4) is 0 Å². The highest BCUT2D eigenvalue weighted by Gasteiger charge is 2.33. The van der Waals surface area contributed by atoms with Crippen LogP contribution in [-0.2, 0) is 20.9 Å². The van der Waals surface area contributed by atoms with Crippen molar-refractivity contribution in [3.8, 4) is 5.75 Å². The van der Waals surface area contributed by atoms with Crippen LogP contribution in [0.15, 0.2) is 24.3 Å². The van der Waals surface area contributed by atoms with Gasteiger partial charge in [-0.3, -0.25) is 14.5 Å². The van der Waals surface area contributed by atoms with Crippen molar-refractivity contribution in [1.82, 2.24) is 4.90 Å². The molecule has 1 aromatic rings. The zero-order chi connectivity index (χ0) is 18.8. The molecule has 1 aliphatic heterocycles. The molecule has 21 heavy (non-hydrogen) atoms. The van der Waals surface area contributed by atoms with E-state index >= 15 is 0 Å². The first-order chi connectivity index (χ1) is 11.6. The molecule has 1 heterocycles. The van der Waals surface area contributed by atoms with Crippen LogP contribution in [0, 0.1) is 5.92 Å². The Kier molecular flexibility index (Phi) is 3.71. The third kappa shape index (κ3) is 4.04. The lowest BCUT2D eigenvalue weighted by Crippen LogP contribution is -2.43. The van der Waals surface area contributed by atoms with E-state index in [4.69, 9.17) is 15.0 Å². The van der Waals surface area contributed by atoms with Gasteiger partial charge in [-0.05, 0) is 31.0 Å². The van der Waals surface area contributed by atoms with Crippen LogP contribution in [0.5, 0.6) is 5.75 Å². The van der Waals surface area contributed by atoms with E-state index in [-0.39, 0.29) is 19.7 Å². The molecule has 0 saturated carbocycles. The average molecular weight is 295 g/mol. The van der Waals surface area contributed by atoms with E-state index in [1.807, 2.05) is 0 Å². The second-order valence-corrected chi connectivity index (χ2v) is 4.61. The number of hydrogen-bond acceptors (Lipinski definition) is 5. The number of carbonyl (C=O) groups excluding carboxylic acids is 2. The van der Waals surface area contributed by atoms with Crippen molar-refractivity contribution in [3.63, 3.8) is 0 Å². The van der Waals surface area contributed by atoms with Crippen molar-refractivity contribution in [2.45, 2.75) is 19.8 Å². The smallest absolute Gasteiger partial charge is 0.316 e. The van der Waals surface area contributed by atoms with Gasteiger partial charge < -0.3 is 9.47 Å². The number of esters is 1. The minimum atomic E-state index is -2.71. The molecule has 0 aliphatic carbocycles. The third-order valence-electron chi connectivity index (χ3n) is 3.09. The maximum absolute atomic E-state index is 12.3. The molecule has 2 rings (SSSR count). The lowest BCUT2D eigenvalue weighted by atomic mass is 9.95. The van der Waals surface area contributed by atoms with Gasteiger partial charge in [0.15, 0.2) is 5.78 Å². The monoisotopic (exact) mass is 295 g/mol. The molecule has 0 aromatic heterocycles. The lowest BCUT2D eigenvalue weighted by Gasteiger charge is -2.29. The van der Waals surface area contributed by atoms with Crippen molar-refractivity contribution in [3.05, 3.63) is 29.8 Å². The summed E-state index contributed by atoms with van der Waals surface area (Å²) in [5, 5.41) is 0. The Labute approximate surface area is 130 Å². The predicted octanol–water partition coefficient (Wildman–Crippen LogP) is 1.65. The summed E-state index contributed by atoms with van der Waals surface area (Å²) in [6.07, 6.45) is -2.71. The van der Waals surface area contributed by atoms with Gasteiger partial charge in [0.1, 0.15) is 11.7 Å². The molecule has 1 aromatic carbocycles. The SMILES string of the molecule is [2H]C1([2H])C(C(=O)OCC)C(=O)CN(Cc2ccc(OC)cc2)C1([2H])[2H]. The molecule has 1 aliphatic rings. The van der Waals surface area contributed by atoms with Gasteiger partial charge in [-0.25, -0.2) is 0 Å². The van der Waals surface area contributed by atoms with Crippen molar-refractivity contribution >= 4 is 11.8 Å². The third-order valence-corrected chi connectivity index (χ3v) is 3.09. The van der Waals surface area contributed by atoms with Gasteiger partial charge in [-0.15, -0.1) is 0 Å². The van der Waals surface area contributed by atoms with Crippen LogP contribution in [0.2, 0.25) is 0 Å². The lowest BCUT2D eigenvalue weighted by molar-refractivity contribution is -0.153. The fourth-order valence-electron chi connectivity index (χ4n) is 2.02. The number of hydrogen-bond donors (Lipinski definition) is 0. The maximum Gasteiger partial charge on any atom is 0.316 e. The standard InChI is InChI=1S/C16H21NO4/c1-3-21-16(19)14-8-9-17(11-15(14)18)10-12-4-6-13(20-2)7-5-12/h4-7,14H,3,8-11H2,1-2H3/i8D2,9D2. The first-order valence-corrected chi connectivity index (χ1v) is 6.72. The zero-order valence-electron chi connectivity index (χ0n) is 16.1. The van der Waals surface area contributed by atoms with E-state index < -0.39 is 30.5 Å². The van der Waals surface area contributed by atoms with E-state index in [2.05, 4.69) is 0 Å². The fourth-order valence-corrected chi connectivity index (χ4v) is 2.02. The van der Waals surface area contributed by atoms with Gasteiger partial charge in [-0.1, -0.05) is 12.1 Å². The number of rotatable bonds is 5. The van der Waals surface area contributed by atoms with E-state index in [0.717, 1.165) is 4.90 Å². The number of ether oxygens (including phenoxy) is 2. The van der Waals surface area contributed by atoms with Gasteiger partial charge in [0.2, 0.25) is 0 Å². The molecule has 0 spiro atoms. The normalized spacial score (nSPS) is 27.0. The largest absolute Gasteiger partial charge is 0.497 e. The van der Waals surface area contributed by atoms with Crippen LogP contribution < -0.4 is 4.74 Å². The minimum Gasteiger partial charge on any atom is -0.497 e. The summed E-state index contributed by atoms with van der Waals surface area (Å²) < 4.78 is 42.4.